The highest BCUT2D eigenvalue weighted by Gasteiger charge is 2.50. The molecular formula is C26H27F2N5O2. The zero-order valence-corrected chi connectivity index (χ0v) is 19.7. The first kappa shape index (κ1) is 24.3. The standard InChI is InChI=1S/C26H27F2N5O2/c1-3-22(34)21-15-19(16-33(21)13-5-4-11-27)26(24(35)32(2)25(29)31-26)18-9-6-8-17(14-18)20-10-7-12-30-23(20)28/h6-10,12,14-16H,3-5,11,13H2,1-2H3,(H2,29,31)/t26-/m1/s1. The van der Waals surface area contributed by atoms with Crippen LogP contribution in [0.25, 0.3) is 11.1 Å². The molecule has 35 heavy (non-hydrogen) atoms. The van der Waals surface area contributed by atoms with Crippen molar-refractivity contribution in [2.24, 2.45) is 10.7 Å². The molecule has 1 aliphatic rings. The average molecular weight is 480 g/mol. The topological polar surface area (TPSA) is 93.6 Å². The molecule has 182 valence electrons. The minimum atomic E-state index is -1.55. The summed E-state index contributed by atoms with van der Waals surface area (Å²) < 4.78 is 28.9. The van der Waals surface area contributed by atoms with Gasteiger partial charge in [-0.15, -0.1) is 0 Å². The lowest BCUT2D eigenvalue weighted by molar-refractivity contribution is -0.129. The molecule has 4 rings (SSSR count). The molecule has 7 nitrogen and oxygen atoms in total. The summed E-state index contributed by atoms with van der Waals surface area (Å²) in [5.74, 6) is -1.10. The van der Waals surface area contributed by atoms with E-state index >= 15 is 0 Å². The van der Waals surface area contributed by atoms with Gasteiger partial charge in [0.25, 0.3) is 5.91 Å². The van der Waals surface area contributed by atoms with Crippen LogP contribution in [0.4, 0.5) is 8.78 Å². The maximum absolute atomic E-state index is 14.4. The Labute approximate surface area is 202 Å². The summed E-state index contributed by atoms with van der Waals surface area (Å²) in [6.45, 7) is 1.73. The van der Waals surface area contributed by atoms with Crippen molar-refractivity contribution in [3.63, 3.8) is 0 Å². The molecule has 1 aliphatic heterocycles. The highest BCUT2D eigenvalue weighted by Crippen LogP contribution is 2.41. The van der Waals surface area contributed by atoms with Crippen LogP contribution in [0.3, 0.4) is 0 Å². The first-order valence-electron chi connectivity index (χ1n) is 11.5. The van der Waals surface area contributed by atoms with Gasteiger partial charge >= 0.3 is 0 Å². The van der Waals surface area contributed by atoms with Crippen LogP contribution >= 0.6 is 0 Å². The number of likely N-dealkylation sites (N-methyl/N-ethyl adjacent to an activating group) is 1. The van der Waals surface area contributed by atoms with Crippen molar-refractivity contribution < 1.29 is 18.4 Å². The number of halogens is 2. The van der Waals surface area contributed by atoms with Gasteiger partial charge in [0, 0.05) is 43.5 Å². The molecule has 0 radical (unpaired) electrons. The van der Waals surface area contributed by atoms with Gasteiger partial charge in [-0.2, -0.15) is 4.39 Å². The van der Waals surface area contributed by atoms with Crippen molar-refractivity contribution in [1.29, 1.82) is 0 Å². The Hall–Kier alpha value is -3.88. The minimum absolute atomic E-state index is 0.0292. The van der Waals surface area contributed by atoms with Crippen molar-refractivity contribution in [2.45, 2.75) is 38.3 Å². The molecular weight excluding hydrogens is 452 g/mol. The highest BCUT2D eigenvalue weighted by molar-refractivity contribution is 6.09. The molecule has 0 saturated heterocycles. The number of aliphatic imine (C=N–C) groups is 1. The van der Waals surface area contributed by atoms with Crippen LogP contribution in [0.1, 0.15) is 47.8 Å². The van der Waals surface area contributed by atoms with E-state index in [2.05, 4.69) is 9.98 Å². The molecule has 1 atom stereocenters. The van der Waals surface area contributed by atoms with Gasteiger partial charge in [-0.3, -0.25) is 18.9 Å². The summed E-state index contributed by atoms with van der Waals surface area (Å²) in [7, 11) is 1.53. The van der Waals surface area contributed by atoms with Crippen molar-refractivity contribution >= 4 is 17.6 Å². The Morgan fingerprint density at radius 1 is 1.14 bits per heavy atom. The largest absolute Gasteiger partial charge is 0.369 e. The number of carbonyl (C=O) groups is 2. The van der Waals surface area contributed by atoms with Crippen molar-refractivity contribution in [3.05, 3.63) is 77.6 Å². The van der Waals surface area contributed by atoms with Crippen LogP contribution in [0.15, 0.2) is 59.9 Å². The fourth-order valence-electron chi connectivity index (χ4n) is 4.38. The third-order valence-corrected chi connectivity index (χ3v) is 6.29. The zero-order chi connectivity index (χ0) is 25.2. The Morgan fingerprint density at radius 2 is 1.94 bits per heavy atom. The molecule has 0 aliphatic carbocycles. The summed E-state index contributed by atoms with van der Waals surface area (Å²) in [6.07, 6.45) is 4.25. The summed E-state index contributed by atoms with van der Waals surface area (Å²) in [4.78, 5) is 36.0. The van der Waals surface area contributed by atoms with E-state index in [0.29, 0.717) is 41.8 Å². The predicted molar refractivity (Wildman–Crippen MR) is 129 cm³/mol. The molecule has 1 amide bonds. The Morgan fingerprint density at radius 3 is 2.60 bits per heavy atom. The maximum atomic E-state index is 14.4. The number of nitrogens with two attached hydrogens (primary N) is 1. The van der Waals surface area contributed by atoms with E-state index in [1.807, 2.05) is 0 Å². The summed E-state index contributed by atoms with van der Waals surface area (Å²) in [5, 5.41) is 0. The Balaban J connectivity index is 1.91. The van der Waals surface area contributed by atoms with Gasteiger partial charge in [0.05, 0.1) is 12.4 Å². The number of unbranched alkanes of at least 4 members (excludes halogenated alkanes) is 1. The zero-order valence-electron chi connectivity index (χ0n) is 19.7. The van der Waals surface area contributed by atoms with Gasteiger partial charge < -0.3 is 10.3 Å². The minimum Gasteiger partial charge on any atom is -0.369 e. The monoisotopic (exact) mass is 479 g/mol. The number of guanidine groups is 1. The van der Waals surface area contributed by atoms with Crippen LogP contribution in [0.5, 0.6) is 0 Å². The third-order valence-electron chi connectivity index (χ3n) is 6.29. The molecule has 0 saturated carbocycles. The molecule has 2 N–H and O–H groups in total. The van der Waals surface area contributed by atoms with E-state index < -0.39 is 24.1 Å². The van der Waals surface area contributed by atoms with Crippen molar-refractivity contribution in [3.8, 4) is 11.1 Å². The number of nitrogens with zero attached hydrogens (tertiary/aromatic N) is 4. The number of amides is 1. The van der Waals surface area contributed by atoms with Gasteiger partial charge in [-0.25, -0.2) is 9.98 Å². The maximum Gasteiger partial charge on any atom is 0.266 e. The normalized spacial score (nSPS) is 17.7. The number of rotatable bonds is 9. The van der Waals surface area contributed by atoms with E-state index in [0.717, 1.165) is 0 Å². The molecule has 0 fully saturated rings. The lowest BCUT2D eigenvalue weighted by Gasteiger charge is -2.25. The van der Waals surface area contributed by atoms with Crippen molar-refractivity contribution in [1.82, 2.24) is 14.5 Å². The van der Waals surface area contributed by atoms with E-state index in [9.17, 15) is 18.4 Å². The van der Waals surface area contributed by atoms with E-state index in [-0.39, 0.29) is 23.7 Å². The van der Waals surface area contributed by atoms with E-state index in [4.69, 9.17) is 5.73 Å². The van der Waals surface area contributed by atoms with E-state index in [1.165, 1.54) is 18.1 Å². The number of aryl methyl sites for hydroxylation is 1. The lowest BCUT2D eigenvalue weighted by Crippen LogP contribution is -2.41. The highest BCUT2D eigenvalue weighted by atomic mass is 19.1. The summed E-state index contributed by atoms with van der Waals surface area (Å²) >= 11 is 0. The molecule has 0 unspecified atom stereocenters. The van der Waals surface area contributed by atoms with Crippen LogP contribution < -0.4 is 5.73 Å². The van der Waals surface area contributed by atoms with Gasteiger partial charge in [0.2, 0.25) is 5.95 Å². The third kappa shape index (κ3) is 4.22. The molecule has 2 aromatic heterocycles. The van der Waals surface area contributed by atoms with Gasteiger partial charge in [0.1, 0.15) is 0 Å². The van der Waals surface area contributed by atoms with Crippen LogP contribution in [-0.2, 0) is 16.9 Å². The number of benzene rings is 1. The number of pyridine rings is 1. The second-order valence-electron chi connectivity index (χ2n) is 8.45. The average Bonchev–Trinajstić information content (AvgIpc) is 3.39. The Bertz CT molecular complexity index is 1300. The van der Waals surface area contributed by atoms with Gasteiger partial charge in [0.15, 0.2) is 17.3 Å². The fourth-order valence-corrected chi connectivity index (χ4v) is 4.38. The summed E-state index contributed by atoms with van der Waals surface area (Å²) in [5.41, 5.74) is 6.71. The smallest absolute Gasteiger partial charge is 0.266 e. The number of ketones is 1. The molecule has 1 aromatic carbocycles. The van der Waals surface area contributed by atoms with Gasteiger partial charge in [-0.05, 0) is 48.2 Å². The first-order valence-corrected chi connectivity index (χ1v) is 11.5. The SMILES string of the molecule is CCC(=O)c1cc([C@@]2(c3cccc(-c4cccnc4F)c3)N=C(N)N(C)C2=O)cn1CCCCF. The van der Waals surface area contributed by atoms with E-state index in [1.54, 1.807) is 60.2 Å². The number of alkyl halides is 1. The van der Waals surface area contributed by atoms with Crippen LogP contribution in [0.2, 0.25) is 0 Å². The quantitative estimate of drug-likeness (QED) is 0.285. The van der Waals surface area contributed by atoms with Gasteiger partial charge in [-0.1, -0.05) is 25.1 Å². The number of hydrogen-bond donors (Lipinski definition) is 1. The molecule has 0 bridgehead atoms. The molecule has 9 heteroatoms. The Kier molecular flexibility index (Phi) is 6.77. The number of Topliss-reactive ketones (excluding diaryl/α,β-unsaturated/α-hetero) is 1. The second kappa shape index (κ2) is 9.77. The predicted octanol–water partition coefficient (Wildman–Crippen LogP) is 4.06. The first-order chi connectivity index (χ1) is 16.8. The van der Waals surface area contributed by atoms with Crippen molar-refractivity contribution in [2.75, 3.05) is 13.7 Å². The van der Waals surface area contributed by atoms with Crippen LogP contribution in [-0.4, -0.2) is 45.8 Å². The molecule has 3 heterocycles. The summed E-state index contributed by atoms with van der Waals surface area (Å²) in [6, 6.07) is 11.8. The number of hydrogen-bond acceptors (Lipinski definition) is 5. The molecule has 3 aromatic rings. The second-order valence-corrected chi connectivity index (χ2v) is 8.45. The number of aromatic nitrogens is 2. The van der Waals surface area contributed by atoms with Crippen LogP contribution in [0, 0.1) is 5.95 Å². The molecule has 0 spiro atoms. The lowest BCUT2D eigenvalue weighted by atomic mass is 9.83. The fraction of sp³-hybridized carbons (Fsp3) is 0.308. The number of carbonyl (C=O) groups excluding carboxylic acids is 2.